The molecule has 3 N–H and O–H groups in total. The van der Waals surface area contributed by atoms with Gasteiger partial charge < -0.3 is 15.6 Å². The number of amides is 1. The van der Waals surface area contributed by atoms with Crippen LogP contribution in [0, 0.1) is 0 Å². The fourth-order valence-corrected chi connectivity index (χ4v) is 2.55. The normalized spacial score (nSPS) is 10.3. The monoisotopic (exact) mass is 353 g/mol. The minimum atomic E-state index is -1.20. The van der Waals surface area contributed by atoms with Gasteiger partial charge in [-0.3, -0.25) is 4.79 Å². The highest BCUT2D eigenvalue weighted by Crippen LogP contribution is 2.25. The zero-order valence-electron chi connectivity index (χ0n) is 11.9. The summed E-state index contributed by atoms with van der Waals surface area (Å²) in [6, 6.07) is 9.26. The maximum atomic E-state index is 11.4. The first-order chi connectivity index (χ1) is 10.9. The van der Waals surface area contributed by atoms with Gasteiger partial charge in [-0.25, -0.2) is 4.79 Å². The number of benzene rings is 2. The van der Waals surface area contributed by atoms with Crippen molar-refractivity contribution in [3.63, 3.8) is 0 Å². The molecule has 5 nitrogen and oxygen atoms in total. The Labute approximate surface area is 142 Å². The zero-order chi connectivity index (χ0) is 17.0. The molecule has 0 spiro atoms. The first-order valence-electron chi connectivity index (χ1n) is 6.63. The number of aromatic carboxylic acids is 1. The van der Waals surface area contributed by atoms with Crippen LogP contribution in [0.1, 0.15) is 26.3 Å². The fourth-order valence-electron chi connectivity index (χ4n) is 2.04. The molecule has 0 bridgehead atoms. The number of nitrogens with two attached hydrogens (primary N) is 1. The van der Waals surface area contributed by atoms with Gasteiger partial charge in [0.25, 0.3) is 5.91 Å². The lowest BCUT2D eigenvalue weighted by molar-refractivity contribution is 0.0692. The number of hydrogen-bond donors (Lipinski definition) is 2. The molecule has 0 saturated heterocycles. The van der Waals surface area contributed by atoms with Crippen molar-refractivity contribution in [2.24, 2.45) is 5.73 Å². The van der Waals surface area contributed by atoms with Gasteiger partial charge in [0.15, 0.2) is 0 Å². The summed E-state index contributed by atoms with van der Waals surface area (Å²) in [6.07, 6.45) is 0.419. The molecular formula is C16H13Cl2NO4. The van der Waals surface area contributed by atoms with E-state index in [1.54, 1.807) is 18.2 Å². The number of hydrogen-bond acceptors (Lipinski definition) is 3. The molecule has 0 radical (unpaired) electrons. The maximum absolute atomic E-state index is 11.4. The van der Waals surface area contributed by atoms with E-state index in [9.17, 15) is 14.7 Å². The van der Waals surface area contributed by atoms with E-state index in [1.807, 2.05) is 0 Å². The summed E-state index contributed by atoms with van der Waals surface area (Å²) in [5.74, 6) is -2.00. The standard InChI is InChI=1S/C16H13Cl2NO4/c17-10-5-4-9(13(18)8-10)6-7-23-14-11(15(19)20)2-1-3-12(14)16(21)22/h1-5,8H,6-7H2,(H2,19,20)(H,21,22). The molecule has 0 aliphatic heterocycles. The van der Waals surface area contributed by atoms with Crippen LogP contribution in [0.25, 0.3) is 0 Å². The van der Waals surface area contributed by atoms with Crippen LogP contribution in [-0.4, -0.2) is 23.6 Å². The number of carboxylic acids is 1. The molecule has 0 heterocycles. The average Bonchev–Trinajstić information content (AvgIpc) is 2.49. The van der Waals surface area contributed by atoms with Gasteiger partial charge in [-0.2, -0.15) is 0 Å². The van der Waals surface area contributed by atoms with E-state index in [0.717, 1.165) is 5.56 Å². The predicted molar refractivity (Wildman–Crippen MR) is 87.6 cm³/mol. The van der Waals surface area contributed by atoms with Gasteiger partial charge in [0, 0.05) is 16.5 Å². The molecule has 2 aromatic rings. The Bertz CT molecular complexity index is 729. The van der Waals surface area contributed by atoms with Crippen LogP contribution >= 0.6 is 23.2 Å². The van der Waals surface area contributed by atoms with Crippen LogP contribution in [0.5, 0.6) is 5.75 Å². The van der Waals surface area contributed by atoms with E-state index in [0.29, 0.717) is 16.5 Å². The van der Waals surface area contributed by atoms with Crippen LogP contribution in [0.15, 0.2) is 36.4 Å². The summed E-state index contributed by atoms with van der Waals surface area (Å²) in [6.45, 7) is 0.131. The van der Waals surface area contributed by atoms with Gasteiger partial charge in [-0.1, -0.05) is 35.3 Å². The van der Waals surface area contributed by atoms with Gasteiger partial charge in [0.1, 0.15) is 11.3 Å². The van der Waals surface area contributed by atoms with Crippen molar-refractivity contribution in [1.29, 1.82) is 0 Å². The molecule has 0 atom stereocenters. The second-order valence-electron chi connectivity index (χ2n) is 4.69. The highest BCUT2D eigenvalue weighted by atomic mass is 35.5. The summed E-state index contributed by atoms with van der Waals surface area (Å²) < 4.78 is 5.51. The molecule has 2 rings (SSSR count). The van der Waals surface area contributed by atoms with Crippen molar-refractivity contribution in [2.45, 2.75) is 6.42 Å². The lowest BCUT2D eigenvalue weighted by Crippen LogP contribution is -2.16. The number of para-hydroxylation sites is 1. The van der Waals surface area contributed by atoms with E-state index in [1.165, 1.54) is 18.2 Å². The van der Waals surface area contributed by atoms with Crippen molar-refractivity contribution >= 4 is 35.1 Å². The lowest BCUT2D eigenvalue weighted by Gasteiger charge is -2.13. The largest absolute Gasteiger partial charge is 0.491 e. The summed E-state index contributed by atoms with van der Waals surface area (Å²) in [4.78, 5) is 22.7. The molecule has 7 heteroatoms. The van der Waals surface area contributed by atoms with Gasteiger partial charge in [-0.05, 0) is 29.8 Å². The Kier molecular flexibility index (Phi) is 5.47. The minimum absolute atomic E-state index is 0.0205. The zero-order valence-corrected chi connectivity index (χ0v) is 13.4. The lowest BCUT2D eigenvalue weighted by atomic mass is 10.1. The van der Waals surface area contributed by atoms with E-state index >= 15 is 0 Å². The Morgan fingerprint density at radius 3 is 2.43 bits per heavy atom. The Morgan fingerprint density at radius 1 is 1.13 bits per heavy atom. The van der Waals surface area contributed by atoms with E-state index in [-0.39, 0.29) is 23.5 Å². The molecule has 2 aromatic carbocycles. The number of halogens is 2. The van der Waals surface area contributed by atoms with E-state index in [4.69, 9.17) is 33.7 Å². The van der Waals surface area contributed by atoms with E-state index in [2.05, 4.69) is 0 Å². The van der Waals surface area contributed by atoms with Crippen molar-refractivity contribution < 1.29 is 19.4 Å². The molecule has 0 unspecified atom stereocenters. The maximum Gasteiger partial charge on any atom is 0.339 e. The summed E-state index contributed by atoms with van der Waals surface area (Å²) >= 11 is 11.9. The van der Waals surface area contributed by atoms with Crippen LogP contribution in [-0.2, 0) is 6.42 Å². The first kappa shape index (κ1) is 17.1. The third-order valence-corrected chi connectivity index (χ3v) is 3.73. The molecule has 23 heavy (non-hydrogen) atoms. The topological polar surface area (TPSA) is 89.6 Å². The number of carbonyl (C=O) groups excluding carboxylic acids is 1. The second-order valence-corrected chi connectivity index (χ2v) is 5.53. The van der Waals surface area contributed by atoms with Gasteiger partial charge in [0.05, 0.1) is 12.2 Å². The van der Waals surface area contributed by atoms with Crippen molar-refractivity contribution in [3.8, 4) is 5.75 Å². The Balaban J connectivity index is 2.19. The summed E-state index contributed by atoms with van der Waals surface area (Å²) in [5, 5.41) is 10.2. The van der Waals surface area contributed by atoms with Crippen molar-refractivity contribution in [1.82, 2.24) is 0 Å². The van der Waals surface area contributed by atoms with Gasteiger partial charge in [-0.15, -0.1) is 0 Å². The smallest absolute Gasteiger partial charge is 0.339 e. The molecule has 0 aliphatic rings. The molecule has 0 fully saturated rings. The average molecular weight is 354 g/mol. The first-order valence-corrected chi connectivity index (χ1v) is 7.38. The molecular weight excluding hydrogens is 341 g/mol. The third-order valence-electron chi connectivity index (χ3n) is 3.14. The number of primary amides is 1. The van der Waals surface area contributed by atoms with Crippen molar-refractivity contribution in [2.75, 3.05) is 6.61 Å². The number of carboxylic acid groups (broad SMARTS) is 1. The summed E-state index contributed by atoms with van der Waals surface area (Å²) in [7, 11) is 0. The van der Waals surface area contributed by atoms with E-state index < -0.39 is 11.9 Å². The van der Waals surface area contributed by atoms with Crippen LogP contribution in [0.4, 0.5) is 0 Å². The second kappa shape index (κ2) is 7.35. The molecule has 1 amide bonds. The van der Waals surface area contributed by atoms with Crippen LogP contribution in [0.3, 0.4) is 0 Å². The number of carbonyl (C=O) groups is 2. The molecule has 0 saturated carbocycles. The summed E-state index contributed by atoms with van der Waals surface area (Å²) in [5.41, 5.74) is 5.95. The highest BCUT2D eigenvalue weighted by molar-refractivity contribution is 6.35. The van der Waals surface area contributed by atoms with Crippen molar-refractivity contribution in [3.05, 3.63) is 63.1 Å². The molecule has 0 aromatic heterocycles. The van der Waals surface area contributed by atoms with Crippen LogP contribution < -0.4 is 10.5 Å². The SMILES string of the molecule is NC(=O)c1cccc(C(=O)O)c1OCCc1ccc(Cl)cc1Cl. The minimum Gasteiger partial charge on any atom is -0.491 e. The molecule has 120 valence electrons. The highest BCUT2D eigenvalue weighted by Gasteiger charge is 2.18. The molecule has 0 aliphatic carbocycles. The quantitative estimate of drug-likeness (QED) is 0.832. The third kappa shape index (κ3) is 4.15. The number of rotatable bonds is 6. The van der Waals surface area contributed by atoms with Crippen LogP contribution in [0.2, 0.25) is 10.0 Å². The Morgan fingerprint density at radius 2 is 1.83 bits per heavy atom. The van der Waals surface area contributed by atoms with Gasteiger partial charge in [0.2, 0.25) is 0 Å². The fraction of sp³-hybridized carbons (Fsp3) is 0.125. The Hall–Kier alpha value is -2.24. The number of ether oxygens (including phenoxy) is 1. The predicted octanol–water partition coefficient (Wildman–Crippen LogP) is 3.41. The van der Waals surface area contributed by atoms with Gasteiger partial charge >= 0.3 is 5.97 Å².